The highest BCUT2D eigenvalue weighted by Crippen LogP contribution is 2.34. The minimum atomic E-state index is -0.280. The second kappa shape index (κ2) is 14.7. The summed E-state index contributed by atoms with van der Waals surface area (Å²) in [4.78, 5) is 58.1. The summed E-state index contributed by atoms with van der Waals surface area (Å²) in [6.45, 7) is 3.42. The molecule has 0 saturated heterocycles. The number of para-hydroxylation sites is 2. The van der Waals surface area contributed by atoms with Gasteiger partial charge in [0, 0.05) is 36.3 Å². The molecule has 5 rings (SSSR count). The predicted molar refractivity (Wildman–Crippen MR) is 182 cm³/mol. The van der Waals surface area contributed by atoms with Crippen LogP contribution in [0, 0.1) is 6.92 Å². The number of rotatable bonds is 10. The second-order valence-corrected chi connectivity index (χ2v) is 11.6. The van der Waals surface area contributed by atoms with Crippen molar-refractivity contribution in [1.82, 2.24) is 10.2 Å². The molecular weight excluding hydrogens is 578 g/mol. The lowest BCUT2D eigenvalue weighted by Crippen LogP contribution is -2.41. The zero-order valence-corrected chi connectivity index (χ0v) is 26.5. The Kier molecular flexibility index (Phi) is 10.2. The van der Waals surface area contributed by atoms with Crippen molar-refractivity contribution in [1.29, 1.82) is 0 Å². The molecule has 9 nitrogen and oxygen atoms in total. The van der Waals surface area contributed by atoms with E-state index in [0.29, 0.717) is 34.7 Å². The van der Waals surface area contributed by atoms with Crippen LogP contribution in [0.25, 0.3) is 11.1 Å². The number of nitrogens with zero attached hydrogens (tertiary/aromatic N) is 3. The largest absolute Gasteiger partial charge is 0.355 e. The molecule has 1 heterocycles. The maximum absolute atomic E-state index is 13.8. The molecule has 1 aliphatic rings. The predicted octanol–water partition coefficient (Wildman–Crippen LogP) is 5.37. The fraction of sp³-hybridized carbons (Fsp3) is 0.243. The average Bonchev–Trinajstić information content (AvgIpc) is 3.19. The number of fused-ring (bicyclic) bond motifs is 1. The average molecular weight is 618 g/mol. The van der Waals surface area contributed by atoms with Gasteiger partial charge in [0.25, 0.3) is 11.8 Å². The smallest absolute Gasteiger partial charge is 0.258 e. The van der Waals surface area contributed by atoms with Crippen molar-refractivity contribution < 1.29 is 19.2 Å². The Morgan fingerprint density at radius 3 is 2.17 bits per heavy atom. The minimum Gasteiger partial charge on any atom is -0.355 e. The van der Waals surface area contributed by atoms with Crippen LogP contribution in [0.1, 0.15) is 39.1 Å². The maximum atomic E-state index is 13.8. The first kappa shape index (κ1) is 32.1. The van der Waals surface area contributed by atoms with E-state index in [9.17, 15) is 19.2 Å². The molecule has 0 atom stereocenters. The molecule has 0 fully saturated rings. The van der Waals surface area contributed by atoms with E-state index in [-0.39, 0.29) is 43.1 Å². The number of hydrogen-bond acceptors (Lipinski definition) is 5. The monoisotopic (exact) mass is 617 g/mol. The molecule has 1 aliphatic heterocycles. The van der Waals surface area contributed by atoms with Gasteiger partial charge >= 0.3 is 0 Å². The fourth-order valence-electron chi connectivity index (χ4n) is 5.57. The van der Waals surface area contributed by atoms with Gasteiger partial charge in [0.05, 0.1) is 11.4 Å². The third kappa shape index (κ3) is 7.50. The van der Waals surface area contributed by atoms with Crippen LogP contribution in [0.2, 0.25) is 0 Å². The number of amides is 4. The highest BCUT2D eigenvalue weighted by Gasteiger charge is 2.30. The highest BCUT2D eigenvalue weighted by atomic mass is 16.2. The van der Waals surface area contributed by atoms with Crippen LogP contribution in [0.15, 0.2) is 97.1 Å². The first-order chi connectivity index (χ1) is 22.2. The molecule has 0 aliphatic carbocycles. The van der Waals surface area contributed by atoms with Crippen molar-refractivity contribution in [3.05, 3.63) is 114 Å². The summed E-state index contributed by atoms with van der Waals surface area (Å²) in [7, 11) is 3.95. The fourth-order valence-corrected chi connectivity index (χ4v) is 5.57. The molecule has 46 heavy (non-hydrogen) atoms. The molecule has 0 bridgehead atoms. The first-order valence-electron chi connectivity index (χ1n) is 15.4. The Labute approximate surface area is 269 Å². The summed E-state index contributed by atoms with van der Waals surface area (Å²) in [6.07, 6.45) is 0.872. The van der Waals surface area contributed by atoms with Crippen LogP contribution in [0.4, 0.5) is 17.1 Å². The molecule has 0 aromatic heterocycles. The Balaban J connectivity index is 1.30. The van der Waals surface area contributed by atoms with Crippen LogP contribution in [0.5, 0.6) is 0 Å². The Bertz CT molecular complexity index is 1730. The molecule has 9 heteroatoms. The third-order valence-electron chi connectivity index (χ3n) is 7.96. The van der Waals surface area contributed by atoms with E-state index >= 15 is 0 Å². The maximum Gasteiger partial charge on any atom is 0.258 e. The zero-order valence-electron chi connectivity index (χ0n) is 26.5. The van der Waals surface area contributed by atoms with Gasteiger partial charge < -0.3 is 25.3 Å². The molecule has 4 amide bonds. The molecule has 4 aromatic carbocycles. The lowest BCUT2D eigenvalue weighted by Gasteiger charge is -2.25. The van der Waals surface area contributed by atoms with Crippen molar-refractivity contribution in [3.8, 4) is 11.1 Å². The molecule has 0 unspecified atom stereocenters. The molecule has 0 spiro atoms. The Morgan fingerprint density at radius 1 is 0.804 bits per heavy atom. The lowest BCUT2D eigenvalue weighted by atomic mass is 9.95. The van der Waals surface area contributed by atoms with E-state index < -0.39 is 0 Å². The van der Waals surface area contributed by atoms with Gasteiger partial charge in [-0.1, -0.05) is 54.6 Å². The summed E-state index contributed by atoms with van der Waals surface area (Å²) in [6, 6.07) is 29.3. The summed E-state index contributed by atoms with van der Waals surface area (Å²) < 4.78 is 0. The quantitative estimate of drug-likeness (QED) is 0.233. The second-order valence-electron chi connectivity index (χ2n) is 11.6. The molecule has 0 radical (unpaired) electrons. The Hall–Kier alpha value is -5.28. The van der Waals surface area contributed by atoms with Crippen molar-refractivity contribution in [2.24, 2.45) is 0 Å². The molecule has 0 saturated carbocycles. The number of carbonyl (C=O) groups is 4. The number of aryl methyl sites for hydroxylation is 1. The van der Waals surface area contributed by atoms with E-state index in [4.69, 9.17) is 0 Å². The van der Waals surface area contributed by atoms with Crippen LogP contribution in [-0.2, 0) is 9.59 Å². The van der Waals surface area contributed by atoms with Gasteiger partial charge in [0.15, 0.2) is 0 Å². The number of benzene rings is 4. The number of hydrogen-bond donors (Lipinski definition) is 2. The lowest BCUT2D eigenvalue weighted by molar-refractivity contribution is -0.123. The Morgan fingerprint density at radius 2 is 1.46 bits per heavy atom. The van der Waals surface area contributed by atoms with Gasteiger partial charge in [0.1, 0.15) is 6.54 Å². The number of nitrogens with one attached hydrogen (secondary N) is 2. The summed E-state index contributed by atoms with van der Waals surface area (Å²) in [5, 5.41) is 5.85. The molecule has 236 valence electrons. The molecule has 2 N–H and O–H groups in total. The first-order valence-corrected chi connectivity index (χ1v) is 15.4. The van der Waals surface area contributed by atoms with Crippen LogP contribution >= 0.6 is 0 Å². The van der Waals surface area contributed by atoms with Gasteiger partial charge in [-0.15, -0.1) is 0 Å². The summed E-state index contributed by atoms with van der Waals surface area (Å²) in [5.41, 5.74) is 5.49. The van der Waals surface area contributed by atoms with Gasteiger partial charge in [0.2, 0.25) is 11.8 Å². The summed E-state index contributed by atoms with van der Waals surface area (Å²) in [5.74, 6) is -1.01. The van der Waals surface area contributed by atoms with Crippen molar-refractivity contribution in [2.45, 2.75) is 19.8 Å². The van der Waals surface area contributed by atoms with E-state index in [2.05, 4.69) is 10.6 Å². The van der Waals surface area contributed by atoms with Crippen molar-refractivity contribution in [3.63, 3.8) is 0 Å². The number of carbonyl (C=O) groups excluding carboxylic acids is 4. The highest BCUT2D eigenvalue weighted by molar-refractivity contribution is 6.13. The zero-order chi connectivity index (χ0) is 32.6. The van der Waals surface area contributed by atoms with Gasteiger partial charge in [-0.05, 0) is 93.1 Å². The molecule has 4 aromatic rings. The van der Waals surface area contributed by atoms with Gasteiger partial charge in [-0.25, -0.2) is 0 Å². The van der Waals surface area contributed by atoms with Crippen LogP contribution in [-0.4, -0.2) is 68.8 Å². The van der Waals surface area contributed by atoms with Gasteiger partial charge in [-0.2, -0.15) is 0 Å². The van der Waals surface area contributed by atoms with E-state index in [1.807, 2.05) is 74.4 Å². The SMILES string of the molecule is Cc1ccccc1-c1ccccc1C(=O)Nc1ccc(C(=O)N2CCC(=O)N(CC(=O)NCCCN(C)C)c3ccccc32)cc1. The normalized spacial score (nSPS) is 12.8. The molecular formula is C37H39N5O4. The topological polar surface area (TPSA) is 102 Å². The van der Waals surface area contributed by atoms with E-state index in [0.717, 1.165) is 29.7 Å². The van der Waals surface area contributed by atoms with E-state index in [1.165, 1.54) is 4.90 Å². The van der Waals surface area contributed by atoms with E-state index in [1.54, 1.807) is 53.4 Å². The minimum absolute atomic E-state index is 0.0722. The standard InChI is InChI=1S/C37H39N5O4/c1-26-11-4-5-12-29(26)30-13-6-7-14-31(30)36(45)39-28-19-17-27(18-20-28)37(46)41-24-21-35(44)42(33-16-9-8-15-32(33)41)25-34(43)38-22-10-23-40(2)3/h4-9,11-20H,10,21-25H2,1-3H3,(H,38,43)(H,39,45). The van der Waals surface area contributed by atoms with Gasteiger partial charge in [-0.3, -0.25) is 19.2 Å². The van der Waals surface area contributed by atoms with Crippen molar-refractivity contribution >= 4 is 40.7 Å². The van der Waals surface area contributed by atoms with Crippen LogP contribution in [0.3, 0.4) is 0 Å². The number of anilines is 3. The van der Waals surface area contributed by atoms with Crippen LogP contribution < -0.4 is 20.4 Å². The summed E-state index contributed by atoms with van der Waals surface area (Å²) >= 11 is 0. The third-order valence-corrected chi connectivity index (χ3v) is 7.96. The van der Waals surface area contributed by atoms with Crippen molar-refractivity contribution in [2.75, 3.05) is 55.4 Å².